The van der Waals surface area contributed by atoms with Crippen LogP contribution in [0.4, 0.5) is 0 Å². The molecule has 0 aromatic heterocycles. The van der Waals surface area contributed by atoms with Crippen LogP contribution in [0.3, 0.4) is 0 Å². The molecule has 1 aromatic carbocycles. The van der Waals surface area contributed by atoms with E-state index in [4.69, 9.17) is 4.84 Å². The molecule has 0 fully saturated rings. The highest BCUT2D eigenvalue weighted by atomic mass is 16.6. The van der Waals surface area contributed by atoms with Gasteiger partial charge in [-0.05, 0) is 12.6 Å². The number of oxime groups is 1. The van der Waals surface area contributed by atoms with Crippen molar-refractivity contribution in [3.8, 4) is 0 Å². The van der Waals surface area contributed by atoms with Gasteiger partial charge in [-0.25, -0.2) is 0 Å². The first-order chi connectivity index (χ1) is 6.90. The first-order valence-corrected chi connectivity index (χ1v) is 4.83. The van der Waals surface area contributed by atoms with E-state index in [0.717, 1.165) is 24.2 Å². The van der Waals surface area contributed by atoms with Crippen LogP contribution in [0, 0.1) is 0 Å². The van der Waals surface area contributed by atoms with Gasteiger partial charge in [0, 0.05) is 13.0 Å². The van der Waals surface area contributed by atoms with Crippen LogP contribution in [0.5, 0.6) is 0 Å². The van der Waals surface area contributed by atoms with Crippen molar-refractivity contribution in [1.82, 2.24) is 5.32 Å². The third-order valence-electron chi connectivity index (χ3n) is 2.27. The van der Waals surface area contributed by atoms with E-state index in [0.29, 0.717) is 0 Å². The van der Waals surface area contributed by atoms with Gasteiger partial charge in [0.1, 0.15) is 6.10 Å². The molecule has 1 aliphatic heterocycles. The van der Waals surface area contributed by atoms with Crippen LogP contribution >= 0.6 is 0 Å². The molecule has 1 aromatic rings. The molecule has 1 N–H and O–H groups in total. The zero-order valence-corrected chi connectivity index (χ0v) is 8.23. The van der Waals surface area contributed by atoms with Crippen LogP contribution in [-0.2, 0) is 4.84 Å². The minimum absolute atomic E-state index is 0.190. The third kappa shape index (κ3) is 1.93. The molecule has 0 radical (unpaired) electrons. The highest BCUT2D eigenvalue weighted by molar-refractivity contribution is 6.01. The average molecular weight is 190 g/mol. The van der Waals surface area contributed by atoms with E-state index < -0.39 is 0 Å². The van der Waals surface area contributed by atoms with E-state index in [2.05, 4.69) is 22.6 Å². The van der Waals surface area contributed by atoms with Gasteiger partial charge in [-0.15, -0.1) is 0 Å². The van der Waals surface area contributed by atoms with Crippen molar-refractivity contribution in [1.29, 1.82) is 0 Å². The number of benzene rings is 1. The maximum atomic E-state index is 5.29. The quantitative estimate of drug-likeness (QED) is 0.781. The van der Waals surface area contributed by atoms with E-state index in [1.54, 1.807) is 0 Å². The van der Waals surface area contributed by atoms with Crippen LogP contribution in [0.15, 0.2) is 35.5 Å². The summed E-state index contributed by atoms with van der Waals surface area (Å²) in [6.07, 6.45) is 1.08. The van der Waals surface area contributed by atoms with Crippen LogP contribution < -0.4 is 5.32 Å². The lowest BCUT2D eigenvalue weighted by Gasteiger charge is -2.05. The lowest BCUT2D eigenvalue weighted by atomic mass is 10.1. The molecule has 1 heterocycles. The summed E-state index contributed by atoms with van der Waals surface area (Å²) in [6, 6.07) is 10.2. The van der Waals surface area contributed by atoms with Gasteiger partial charge in [0.2, 0.25) is 0 Å². The van der Waals surface area contributed by atoms with Crippen molar-refractivity contribution in [2.45, 2.75) is 12.5 Å². The van der Waals surface area contributed by atoms with Crippen LogP contribution in [-0.4, -0.2) is 25.4 Å². The van der Waals surface area contributed by atoms with Crippen LogP contribution in [0.2, 0.25) is 0 Å². The van der Waals surface area contributed by atoms with E-state index in [1.165, 1.54) is 0 Å². The van der Waals surface area contributed by atoms with Gasteiger partial charge in [0.25, 0.3) is 0 Å². The molecule has 0 saturated heterocycles. The second-order valence-corrected chi connectivity index (χ2v) is 3.39. The number of rotatable bonds is 3. The molecule has 74 valence electrons. The minimum atomic E-state index is 0.190. The topological polar surface area (TPSA) is 33.6 Å². The summed E-state index contributed by atoms with van der Waals surface area (Å²) < 4.78 is 0. The molecule has 3 heteroatoms. The summed E-state index contributed by atoms with van der Waals surface area (Å²) in [7, 11) is 1.92. The molecular formula is C11H14N2O. The molecule has 3 nitrogen and oxygen atoms in total. The van der Waals surface area contributed by atoms with Crippen molar-refractivity contribution >= 4 is 5.71 Å². The Morgan fingerprint density at radius 3 is 2.93 bits per heavy atom. The number of nitrogens with one attached hydrogen (secondary N) is 1. The van der Waals surface area contributed by atoms with Gasteiger partial charge in [-0.3, -0.25) is 0 Å². The molecule has 1 atom stereocenters. The first kappa shape index (κ1) is 9.21. The molecule has 0 unspecified atom stereocenters. The zero-order valence-electron chi connectivity index (χ0n) is 8.23. The van der Waals surface area contributed by atoms with Gasteiger partial charge in [-0.2, -0.15) is 0 Å². The fraction of sp³-hybridized carbons (Fsp3) is 0.364. The van der Waals surface area contributed by atoms with Gasteiger partial charge >= 0.3 is 0 Å². The van der Waals surface area contributed by atoms with Gasteiger partial charge in [0.05, 0.1) is 5.71 Å². The maximum Gasteiger partial charge on any atom is 0.145 e. The fourth-order valence-corrected chi connectivity index (χ4v) is 1.57. The Bertz CT molecular complexity index is 321. The first-order valence-electron chi connectivity index (χ1n) is 4.83. The summed E-state index contributed by atoms with van der Waals surface area (Å²) in [5.74, 6) is 0. The van der Waals surface area contributed by atoms with Crippen LogP contribution in [0.25, 0.3) is 0 Å². The molecule has 0 bridgehead atoms. The van der Waals surface area contributed by atoms with E-state index >= 15 is 0 Å². The van der Waals surface area contributed by atoms with E-state index in [9.17, 15) is 0 Å². The zero-order chi connectivity index (χ0) is 9.80. The molecule has 0 saturated carbocycles. The minimum Gasteiger partial charge on any atom is -0.390 e. The van der Waals surface area contributed by atoms with Gasteiger partial charge < -0.3 is 10.2 Å². The molecule has 1 aliphatic rings. The SMILES string of the molecule is CNC[C@H]1CC(c2ccccc2)=NO1. The summed E-state index contributed by atoms with van der Waals surface area (Å²) in [5, 5.41) is 7.17. The van der Waals surface area contributed by atoms with Crippen molar-refractivity contribution in [2.75, 3.05) is 13.6 Å². The van der Waals surface area contributed by atoms with E-state index in [-0.39, 0.29) is 6.10 Å². The Hall–Kier alpha value is -1.35. The normalized spacial score (nSPS) is 20.4. The molecule has 2 rings (SSSR count). The van der Waals surface area contributed by atoms with Crippen LogP contribution in [0.1, 0.15) is 12.0 Å². The second-order valence-electron chi connectivity index (χ2n) is 3.39. The smallest absolute Gasteiger partial charge is 0.145 e. The number of nitrogens with zero attached hydrogens (tertiary/aromatic N) is 1. The summed E-state index contributed by atoms with van der Waals surface area (Å²) in [6.45, 7) is 0.847. The highest BCUT2D eigenvalue weighted by Gasteiger charge is 2.20. The molecule has 0 amide bonds. The third-order valence-corrected chi connectivity index (χ3v) is 2.27. The Balaban J connectivity index is 2.02. The molecule has 0 aliphatic carbocycles. The largest absolute Gasteiger partial charge is 0.390 e. The number of likely N-dealkylation sites (N-methyl/N-ethyl adjacent to an activating group) is 1. The van der Waals surface area contributed by atoms with Crippen molar-refractivity contribution in [3.63, 3.8) is 0 Å². The standard InChI is InChI=1S/C11H14N2O/c1-12-8-10-7-11(13-14-10)9-5-3-2-4-6-9/h2-6,10,12H,7-8H2,1H3/t10-/m1/s1. The lowest BCUT2D eigenvalue weighted by molar-refractivity contribution is 0.0866. The lowest BCUT2D eigenvalue weighted by Crippen LogP contribution is -2.23. The number of hydrogen-bond acceptors (Lipinski definition) is 3. The Morgan fingerprint density at radius 1 is 1.43 bits per heavy atom. The average Bonchev–Trinajstić information content (AvgIpc) is 2.68. The van der Waals surface area contributed by atoms with E-state index in [1.807, 2.05) is 25.2 Å². The van der Waals surface area contributed by atoms with Crippen molar-refractivity contribution in [2.24, 2.45) is 5.16 Å². The maximum absolute atomic E-state index is 5.29. The Kier molecular flexibility index (Phi) is 2.79. The fourth-order valence-electron chi connectivity index (χ4n) is 1.57. The molecular weight excluding hydrogens is 176 g/mol. The number of hydrogen-bond donors (Lipinski definition) is 1. The van der Waals surface area contributed by atoms with Crippen molar-refractivity contribution < 1.29 is 4.84 Å². The summed E-state index contributed by atoms with van der Waals surface area (Å²) in [4.78, 5) is 5.29. The van der Waals surface area contributed by atoms with Crippen molar-refractivity contribution in [3.05, 3.63) is 35.9 Å². The van der Waals surface area contributed by atoms with Gasteiger partial charge in [-0.1, -0.05) is 35.5 Å². The second kappa shape index (κ2) is 4.24. The molecule has 0 spiro atoms. The Morgan fingerprint density at radius 2 is 2.21 bits per heavy atom. The summed E-state index contributed by atoms with van der Waals surface area (Å²) in [5.41, 5.74) is 2.21. The van der Waals surface area contributed by atoms with Gasteiger partial charge in [0.15, 0.2) is 0 Å². The summed E-state index contributed by atoms with van der Waals surface area (Å²) >= 11 is 0. The predicted octanol–water partition coefficient (Wildman–Crippen LogP) is 1.40. The highest BCUT2D eigenvalue weighted by Crippen LogP contribution is 2.15. The predicted molar refractivity (Wildman–Crippen MR) is 56.4 cm³/mol. The monoisotopic (exact) mass is 190 g/mol. The Labute approximate surface area is 83.8 Å². The molecule has 14 heavy (non-hydrogen) atoms.